The van der Waals surface area contributed by atoms with Crippen LogP contribution >= 0.6 is 23.1 Å². The first-order valence-electron chi connectivity index (χ1n) is 10.4. The van der Waals surface area contributed by atoms with Crippen LogP contribution in [-0.4, -0.2) is 39.2 Å². The van der Waals surface area contributed by atoms with Crippen molar-refractivity contribution in [2.75, 3.05) is 12.4 Å². The SMILES string of the molecule is CCOc1ccc(-n2c(SCC(=O)N/N=C/c3sccc3C)nnc2-c2ccccc2)cc1. The van der Waals surface area contributed by atoms with Gasteiger partial charge in [-0.2, -0.15) is 5.10 Å². The molecule has 0 aliphatic carbocycles. The van der Waals surface area contributed by atoms with Crippen LogP contribution in [0.1, 0.15) is 17.4 Å². The standard InChI is InChI=1S/C24H23N5O2S2/c1-3-31-20-11-9-19(10-12-20)29-23(18-7-5-4-6-8-18)27-28-24(29)33-16-22(30)26-25-15-21-17(2)13-14-32-21/h4-15H,3,16H2,1-2H3,(H,26,30)/b25-15+. The van der Waals surface area contributed by atoms with Crippen molar-refractivity contribution in [1.29, 1.82) is 0 Å². The molecule has 0 saturated heterocycles. The third-order valence-corrected chi connectivity index (χ3v) is 6.56. The lowest BCUT2D eigenvalue weighted by Gasteiger charge is -2.11. The van der Waals surface area contributed by atoms with Crippen LogP contribution in [-0.2, 0) is 4.79 Å². The molecule has 1 N–H and O–H groups in total. The molecule has 4 aromatic rings. The van der Waals surface area contributed by atoms with E-state index in [4.69, 9.17) is 4.74 Å². The van der Waals surface area contributed by atoms with Crippen LogP contribution in [0.5, 0.6) is 5.75 Å². The molecular formula is C24H23N5O2S2. The van der Waals surface area contributed by atoms with Gasteiger partial charge in [-0.05, 0) is 55.1 Å². The smallest absolute Gasteiger partial charge is 0.250 e. The van der Waals surface area contributed by atoms with Gasteiger partial charge in [-0.1, -0.05) is 42.1 Å². The Kier molecular flexibility index (Phi) is 7.54. The molecule has 2 heterocycles. The first kappa shape index (κ1) is 22.8. The van der Waals surface area contributed by atoms with Crippen molar-refractivity contribution < 1.29 is 9.53 Å². The average Bonchev–Trinajstić information content (AvgIpc) is 3.45. The number of aryl methyl sites for hydroxylation is 1. The number of aromatic nitrogens is 3. The van der Waals surface area contributed by atoms with Crippen LogP contribution in [0, 0.1) is 6.92 Å². The van der Waals surface area contributed by atoms with Gasteiger partial charge >= 0.3 is 0 Å². The molecule has 0 spiro atoms. The summed E-state index contributed by atoms with van der Waals surface area (Å²) in [5, 5.41) is 15.4. The average molecular weight is 478 g/mol. The van der Waals surface area contributed by atoms with E-state index in [2.05, 4.69) is 20.7 Å². The van der Waals surface area contributed by atoms with E-state index in [0.717, 1.165) is 27.4 Å². The molecule has 2 aromatic heterocycles. The molecule has 2 aromatic carbocycles. The monoisotopic (exact) mass is 477 g/mol. The number of nitrogens with one attached hydrogen (secondary N) is 1. The van der Waals surface area contributed by atoms with Crippen molar-refractivity contribution in [1.82, 2.24) is 20.2 Å². The summed E-state index contributed by atoms with van der Waals surface area (Å²) in [6.45, 7) is 4.56. The fourth-order valence-corrected chi connectivity index (χ4v) is 4.60. The van der Waals surface area contributed by atoms with Gasteiger partial charge in [0.2, 0.25) is 0 Å². The highest BCUT2D eigenvalue weighted by Crippen LogP contribution is 2.28. The zero-order valence-electron chi connectivity index (χ0n) is 18.3. The molecule has 0 radical (unpaired) electrons. The lowest BCUT2D eigenvalue weighted by molar-refractivity contribution is -0.118. The maximum atomic E-state index is 12.4. The summed E-state index contributed by atoms with van der Waals surface area (Å²) >= 11 is 2.89. The van der Waals surface area contributed by atoms with Crippen LogP contribution in [0.15, 0.2) is 76.3 Å². The lowest BCUT2D eigenvalue weighted by Crippen LogP contribution is -2.20. The van der Waals surface area contributed by atoms with Gasteiger partial charge in [-0.25, -0.2) is 5.43 Å². The fraction of sp³-hybridized carbons (Fsp3) is 0.167. The molecule has 168 valence electrons. The number of ether oxygens (including phenoxy) is 1. The highest BCUT2D eigenvalue weighted by molar-refractivity contribution is 7.99. The van der Waals surface area contributed by atoms with Crippen LogP contribution in [0.2, 0.25) is 0 Å². The van der Waals surface area contributed by atoms with Crippen molar-refractivity contribution >= 4 is 35.2 Å². The molecule has 0 bridgehead atoms. The molecule has 0 fully saturated rings. The third-order valence-electron chi connectivity index (χ3n) is 4.68. The zero-order valence-corrected chi connectivity index (χ0v) is 19.9. The predicted octanol–water partition coefficient (Wildman–Crippen LogP) is 4.95. The molecule has 7 nitrogen and oxygen atoms in total. The maximum Gasteiger partial charge on any atom is 0.250 e. The molecule has 33 heavy (non-hydrogen) atoms. The summed E-state index contributed by atoms with van der Waals surface area (Å²) < 4.78 is 7.51. The number of carbonyl (C=O) groups is 1. The minimum Gasteiger partial charge on any atom is -0.494 e. The third kappa shape index (κ3) is 5.68. The van der Waals surface area contributed by atoms with E-state index in [-0.39, 0.29) is 11.7 Å². The minimum atomic E-state index is -0.215. The highest BCUT2D eigenvalue weighted by Gasteiger charge is 2.17. The first-order chi connectivity index (χ1) is 16.2. The Labute approximate surface area is 200 Å². The molecule has 0 aliphatic rings. The van der Waals surface area contributed by atoms with E-state index in [1.807, 2.05) is 84.5 Å². The number of nitrogens with zero attached hydrogens (tertiary/aromatic N) is 4. The summed E-state index contributed by atoms with van der Waals surface area (Å²) in [6.07, 6.45) is 1.67. The Hall–Kier alpha value is -3.43. The maximum absolute atomic E-state index is 12.4. The summed E-state index contributed by atoms with van der Waals surface area (Å²) in [4.78, 5) is 13.4. The van der Waals surface area contributed by atoms with Crippen molar-refractivity contribution in [2.45, 2.75) is 19.0 Å². The van der Waals surface area contributed by atoms with Crippen molar-refractivity contribution in [3.63, 3.8) is 0 Å². The van der Waals surface area contributed by atoms with E-state index in [9.17, 15) is 4.79 Å². The fourth-order valence-electron chi connectivity index (χ4n) is 3.07. The summed E-state index contributed by atoms with van der Waals surface area (Å²) in [5.74, 6) is 1.44. The Morgan fingerprint density at radius 3 is 2.64 bits per heavy atom. The zero-order chi connectivity index (χ0) is 23.0. The van der Waals surface area contributed by atoms with E-state index in [1.54, 1.807) is 17.6 Å². The number of amides is 1. The Bertz CT molecular complexity index is 1230. The highest BCUT2D eigenvalue weighted by atomic mass is 32.2. The number of hydrogen-bond acceptors (Lipinski definition) is 7. The Morgan fingerprint density at radius 2 is 1.94 bits per heavy atom. The second-order valence-electron chi connectivity index (χ2n) is 6.98. The number of thiophene rings is 1. The lowest BCUT2D eigenvalue weighted by atomic mass is 10.2. The minimum absolute atomic E-state index is 0.157. The number of thioether (sulfide) groups is 1. The quantitative estimate of drug-likeness (QED) is 0.210. The molecule has 0 unspecified atom stereocenters. The van der Waals surface area contributed by atoms with Gasteiger partial charge in [-0.15, -0.1) is 21.5 Å². The second-order valence-corrected chi connectivity index (χ2v) is 8.87. The second kappa shape index (κ2) is 10.9. The molecule has 0 saturated carbocycles. The van der Waals surface area contributed by atoms with Crippen molar-refractivity contribution in [3.8, 4) is 22.8 Å². The van der Waals surface area contributed by atoms with E-state index >= 15 is 0 Å². The van der Waals surface area contributed by atoms with Crippen molar-refractivity contribution in [3.05, 3.63) is 76.5 Å². The first-order valence-corrected chi connectivity index (χ1v) is 12.2. The number of rotatable bonds is 9. The van der Waals surface area contributed by atoms with Crippen LogP contribution in [0.3, 0.4) is 0 Å². The van der Waals surface area contributed by atoms with Gasteiger partial charge in [0, 0.05) is 16.1 Å². The predicted molar refractivity (Wildman–Crippen MR) is 133 cm³/mol. The van der Waals surface area contributed by atoms with E-state index < -0.39 is 0 Å². The number of carbonyl (C=O) groups excluding carboxylic acids is 1. The van der Waals surface area contributed by atoms with Crippen LogP contribution < -0.4 is 10.2 Å². The molecule has 9 heteroatoms. The normalized spacial score (nSPS) is 11.1. The Balaban J connectivity index is 1.52. The summed E-state index contributed by atoms with van der Waals surface area (Å²) in [7, 11) is 0. The molecular weight excluding hydrogens is 454 g/mol. The van der Waals surface area contributed by atoms with Gasteiger partial charge in [0.05, 0.1) is 18.6 Å². The van der Waals surface area contributed by atoms with Crippen molar-refractivity contribution in [2.24, 2.45) is 5.10 Å². The van der Waals surface area contributed by atoms with Gasteiger partial charge in [0.25, 0.3) is 5.91 Å². The molecule has 0 aliphatic heterocycles. The van der Waals surface area contributed by atoms with Crippen LogP contribution in [0.4, 0.5) is 0 Å². The van der Waals surface area contributed by atoms with Gasteiger partial charge in [0.1, 0.15) is 5.75 Å². The van der Waals surface area contributed by atoms with E-state index in [0.29, 0.717) is 17.6 Å². The molecule has 4 rings (SSSR count). The topological polar surface area (TPSA) is 81.4 Å². The molecule has 1 amide bonds. The number of hydrogen-bond donors (Lipinski definition) is 1. The van der Waals surface area contributed by atoms with Gasteiger partial charge in [0.15, 0.2) is 11.0 Å². The summed E-state index contributed by atoms with van der Waals surface area (Å²) in [5.41, 5.74) is 5.53. The number of benzene rings is 2. The van der Waals surface area contributed by atoms with Gasteiger partial charge < -0.3 is 4.74 Å². The van der Waals surface area contributed by atoms with Crippen LogP contribution in [0.25, 0.3) is 17.1 Å². The van der Waals surface area contributed by atoms with E-state index in [1.165, 1.54) is 11.8 Å². The number of hydrazone groups is 1. The summed E-state index contributed by atoms with van der Waals surface area (Å²) in [6, 6.07) is 19.6. The largest absolute Gasteiger partial charge is 0.494 e. The van der Waals surface area contributed by atoms with Gasteiger partial charge in [-0.3, -0.25) is 9.36 Å². The Morgan fingerprint density at radius 1 is 1.15 bits per heavy atom. The molecule has 0 atom stereocenters.